The maximum Gasteiger partial charge on any atom is 0.326 e. The maximum absolute atomic E-state index is 12.6. The highest BCUT2D eigenvalue weighted by Crippen LogP contribution is 2.09. The number of nitrogens with two attached hydrogens (primary N) is 1. The SMILES string of the molecule is CC[C@H](C)[C@H](NC(=O)[C@H](Cc1cnc[nH]1)NC(=O)[C@@H](N)[C@@H](C)O)C(=O)O. The highest BCUT2D eigenvalue weighted by atomic mass is 16.4. The molecule has 26 heavy (non-hydrogen) atoms. The normalized spacial score (nSPS) is 16.8. The van der Waals surface area contributed by atoms with E-state index in [1.165, 1.54) is 19.4 Å². The number of aliphatic hydroxyl groups excluding tert-OH is 1. The van der Waals surface area contributed by atoms with Crippen LogP contribution in [-0.2, 0) is 20.8 Å². The third-order valence-corrected chi connectivity index (χ3v) is 4.21. The topological polar surface area (TPSA) is 170 Å². The highest BCUT2D eigenvalue weighted by molar-refractivity contribution is 5.92. The molecule has 0 fully saturated rings. The van der Waals surface area contributed by atoms with Crippen molar-refractivity contribution in [3.05, 3.63) is 18.2 Å². The van der Waals surface area contributed by atoms with Gasteiger partial charge in [-0.15, -0.1) is 0 Å². The predicted octanol–water partition coefficient (Wildman–Crippen LogP) is -1.24. The first-order valence-corrected chi connectivity index (χ1v) is 8.41. The van der Waals surface area contributed by atoms with Gasteiger partial charge in [-0.2, -0.15) is 0 Å². The molecule has 0 aromatic carbocycles. The molecule has 10 nitrogen and oxygen atoms in total. The Balaban J connectivity index is 2.93. The number of H-pyrrole nitrogens is 1. The molecule has 1 heterocycles. The second kappa shape index (κ2) is 9.88. The fourth-order valence-electron chi connectivity index (χ4n) is 2.25. The molecular formula is C16H27N5O5. The van der Waals surface area contributed by atoms with Crippen LogP contribution in [0, 0.1) is 5.92 Å². The summed E-state index contributed by atoms with van der Waals surface area (Å²) < 4.78 is 0. The summed E-state index contributed by atoms with van der Waals surface area (Å²) in [6, 6.07) is -3.37. The number of nitrogens with one attached hydrogen (secondary N) is 3. The molecule has 0 spiro atoms. The minimum atomic E-state index is -1.21. The lowest BCUT2D eigenvalue weighted by molar-refractivity contribution is -0.143. The van der Waals surface area contributed by atoms with E-state index in [2.05, 4.69) is 20.6 Å². The fraction of sp³-hybridized carbons (Fsp3) is 0.625. The zero-order valence-electron chi connectivity index (χ0n) is 15.1. The Morgan fingerprint density at radius 2 is 1.92 bits per heavy atom. The van der Waals surface area contributed by atoms with Crippen LogP contribution >= 0.6 is 0 Å². The van der Waals surface area contributed by atoms with Crippen LogP contribution in [0.5, 0.6) is 0 Å². The molecule has 0 saturated carbocycles. The molecule has 1 aromatic rings. The Morgan fingerprint density at radius 3 is 2.38 bits per heavy atom. The van der Waals surface area contributed by atoms with Crippen molar-refractivity contribution in [3.8, 4) is 0 Å². The van der Waals surface area contributed by atoms with Crippen molar-refractivity contribution in [1.82, 2.24) is 20.6 Å². The molecule has 0 bridgehead atoms. The summed E-state index contributed by atoms with van der Waals surface area (Å²) in [6.07, 6.45) is 2.44. The quantitative estimate of drug-likeness (QED) is 0.299. The van der Waals surface area contributed by atoms with Crippen LogP contribution in [-0.4, -0.2) is 62.2 Å². The average Bonchev–Trinajstić information content (AvgIpc) is 3.09. The van der Waals surface area contributed by atoms with Gasteiger partial charge in [0.25, 0.3) is 0 Å². The van der Waals surface area contributed by atoms with Crippen LogP contribution in [0.2, 0.25) is 0 Å². The van der Waals surface area contributed by atoms with Gasteiger partial charge in [0.2, 0.25) is 11.8 Å². The van der Waals surface area contributed by atoms with Gasteiger partial charge in [-0.25, -0.2) is 9.78 Å². The van der Waals surface area contributed by atoms with Crippen molar-refractivity contribution >= 4 is 17.8 Å². The van der Waals surface area contributed by atoms with E-state index < -0.39 is 42.0 Å². The Morgan fingerprint density at radius 1 is 1.27 bits per heavy atom. The molecule has 10 heteroatoms. The van der Waals surface area contributed by atoms with Gasteiger partial charge in [0.05, 0.1) is 12.4 Å². The molecule has 0 aliphatic carbocycles. The van der Waals surface area contributed by atoms with Gasteiger partial charge in [-0.3, -0.25) is 9.59 Å². The Hall–Kier alpha value is -2.46. The Kier molecular flexibility index (Phi) is 8.20. The van der Waals surface area contributed by atoms with Crippen molar-refractivity contribution in [2.45, 2.75) is 57.8 Å². The van der Waals surface area contributed by atoms with Crippen molar-refractivity contribution in [2.24, 2.45) is 11.7 Å². The number of carbonyl (C=O) groups excluding carboxylic acids is 2. The standard InChI is InChI=1S/C16H27N5O5/c1-4-8(2)13(16(25)26)21-14(23)11(5-10-6-18-7-19-10)20-15(24)12(17)9(3)22/h6-9,11-13,22H,4-5,17H2,1-3H3,(H,18,19)(H,20,24)(H,21,23)(H,25,26)/t8-,9+,11-,12-,13-/m0/s1. The molecule has 146 valence electrons. The number of hydrogen-bond acceptors (Lipinski definition) is 6. The average molecular weight is 369 g/mol. The molecule has 0 radical (unpaired) electrons. The molecule has 0 unspecified atom stereocenters. The minimum Gasteiger partial charge on any atom is -0.480 e. The number of carbonyl (C=O) groups is 3. The number of aromatic amines is 1. The summed E-state index contributed by atoms with van der Waals surface area (Å²) in [4.78, 5) is 42.8. The number of aliphatic carboxylic acids is 1. The van der Waals surface area contributed by atoms with E-state index in [0.29, 0.717) is 12.1 Å². The van der Waals surface area contributed by atoms with E-state index in [1.807, 2.05) is 6.92 Å². The van der Waals surface area contributed by atoms with Crippen molar-refractivity contribution < 1.29 is 24.6 Å². The molecule has 2 amide bonds. The number of nitrogens with zero attached hydrogens (tertiary/aromatic N) is 1. The second-order valence-corrected chi connectivity index (χ2v) is 6.32. The van der Waals surface area contributed by atoms with Crippen LogP contribution in [0.4, 0.5) is 0 Å². The van der Waals surface area contributed by atoms with Gasteiger partial charge >= 0.3 is 5.97 Å². The van der Waals surface area contributed by atoms with Crippen LogP contribution in [0.25, 0.3) is 0 Å². The van der Waals surface area contributed by atoms with Gasteiger partial charge in [-0.1, -0.05) is 20.3 Å². The molecule has 0 aliphatic rings. The van der Waals surface area contributed by atoms with Gasteiger partial charge in [0, 0.05) is 18.3 Å². The summed E-state index contributed by atoms with van der Waals surface area (Å²) in [7, 11) is 0. The van der Waals surface area contributed by atoms with Gasteiger partial charge in [-0.05, 0) is 12.8 Å². The Bertz CT molecular complexity index is 604. The number of aromatic nitrogens is 2. The summed E-state index contributed by atoms with van der Waals surface area (Å²) >= 11 is 0. The zero-order valence-corrected chi connectivity index (χ0v) is 15.1. The molecular weight excluding hydrogens is 342 g/mol. The predicted molar refractivity (Wildman–Crippen MR) is 92.9 cm³/mol. The largest absolute Gasteiger partial charge is 0.480 e. The van der Waals surface area contributed by atoms with Crippen molar-refractivity contribution in [3.63, 3.8) is 0 Å². The number of imidazole rings is 1. The molecule has 0 aliphatic heterocycles. The van der Waals surface area contributed by atoms with Gasteiger partial charge < -0.3 is 31.6 Å². The summed E-state index contributed by atoms with van der Waals surface area (Å²) in [5, 5.41) is 23.7. The fourth-order valence-corrected chi connectivity index (χ4v) is 2.25. The zero-order chi connectivity index (χ0) is 19.9. The summed E-state index contributed by atoms with van der Waals surface area (Å²) in [5.74, 6) is -2.81. The van der Waals surface area contributed by atoms with E-state index in [0.717, 1.165) is 0 Å². The van der Waals surface area contributed by atoms with E-state index in [9.17, 15) is 24.6 Å². The number of carboxylic acids is 1. The monoisotopic (exact) mass is 369 g/mol. The number of amides is 2. The third-order valence-electron chi connectivity index (χ3n) is 4.21. The first-order chi connectivity index (χ1) is 12.2. The lowest BCUT2D eigenvalue weighted by Crippen LogP contribution is -2.57. The van der Waals surface area contributed by atoms with E-state index in [1.54, 1.807) is 6.92 Å². The minimum absolute atomic E-state index is 0.0664. The molecule has 0 saturated heterocycles. The Labute approximate surface area is 151 Å². The van der Waals surface area contributed by atoms with Crippen LogP contribution < -0.4 is 16.4 Å². The molecule has 5 atom stereocenters. The molecule has 1 aromatic heterocycles. The molecule has 1 rings (SSSR count). The second-order valence-electron chi connectivity index (χ2n) is 6.32. The van der Waals surface area contributed by atoms with Crippen LogP contribution in [0.1, 0.15) is 32.9 Å². The summed E-state index contributed by atoms with van der Waals surface area (Å²) in [6.45, 7) is 4.89. The van der Waals surface area contributed by atoms with Gasteiger partial charge in [0.1, 0.15) is 18.1 Å². The summed E-state index contributed by atoms with van der Waals surface area (Å²) in [5.41, 5.74) is 6.17. The smallest absolute Gasteiger partial charge is 0.326 e. The van der Waals surface area contributed by atoms with Gasteiger partial charge in [0.15, 0.2) is 0 Å². The lowest BCUT2D eigenvalue weighted by atomic mass is 9.98. The van der Waals surface area contributed by atoms with Crippen LogP contribution in [0.3, 0.4) is 0 Å². The number of carboxylic acid groups (broad SMARTS) is 1. The number of rotatable bonds is 10. The maximum atomic E-state index is 12.6. The van der Waals surface area contributed by atoms with Crippen molar-refractivity contribution in [2.75, 3.05) is 0 Å². The highest BCUT2D eigenvalue weighted by Gasteiger charge is 2.31. The van der Waals surface area contributed by atoms with E-state index in [-0.39, 0.29) is 12.3 Å². The van der Waals surface area contributed by atoms with E-state index >= 15 is 0 Å². The number of hydrogen-bond donors (Lipinski definition) is 6. The third kappa shape index (κ3) is 6.12. The lowest BCUT2D eigenvalue weighted by Gasteiger charge is -2.25. The van der Waals surface area contributed by atoms with Crippen molar-refractivity contribution in [1.29, 1.82) is 0 Å². The first kappa shape index (κ1) is 21.6. The van der Waals surface area contributed by atoms with E-state index in [4.69, 9.17) is 5.73 Å². The first-order valence-electron chi connectivity index (χ1n) is 8.41. The molecule has 7 N–H and O–H groups in total. The number of aliphatic hydroxyl groups is 1. The van der Waals surface area contributed by atoms with Crippen LogP contribution in [0.15, 0.2) is 12.5 Å².